The van der Waals surface area contributed by atoms with Crippen molar-refractivity contribution in [1.82, 2.24) is 10.6 Å². The van der Waals surface area contributed by atoms with Gasteiger partial charge in [-0.3, -0.25) is 5.32 Å². The Balaban J connectivity index is 2.00. The van der Waals surface area contributed by atoms with E-state index in [1.807, 2.05) is 0 Å². The maximum atomic E-state index is 3.74. The molecule has 2 N–H and O–H groups in total. The number of hydrogen-bond donors (Lipinski definition) is 2. The van der Waals surface area contributed by atoms with Crippen LogP contribution in [0.2, 0.25) is 0 Å². The van der Waals surface area contributed by atoms with E-state index in [9.17, 15) is 0 Å². The maximum Gasteiger partial charge on any atom is 0.0773 e. The van der Waals surface area contributed by atoms with Gasteiger partial charge in [-0.05, 0) is 45.4 Å². The Labute approximate surface area is 85.2 Å². The molecule has 2 saturated heterocycles. The molecule has 3 atom stereocenters. The Hall–Kier alpha value is 0.270. The molecule has 0 aromatic heterocycles. The minimum Gasteiger partial charge on any atom is -0.311 e. The topological polar surface area (TPSA) is 24.1 Å². The fourth-order valence-corrected chi connectivity index (χ4v) is 3.99. The summed E-state index contributed by atoms with van der Waals surface area (Å²) in [6.07, 6.45) is 3.99. The molecule has 2 rings (SSSR count). The second-order valence-corrected chi connectivity index (χ2v) is 5.98. The first-order valence-electron chi connectivity index (χ1n) is 5.36. The van der Waals surface area contributed by atoms with Gasteiger partial charge in [-0.2, -0.15) is 0 Å². The summed E-state index contributed by atoms with van der Waals surface area (Å²) in [7, 11) is 0. The molecule has 2 nitrogen and oxygen atoms in total. The van der Waals surface area contributed by atoms with Gasteiger partial charge in [0, 0.05) is 12.1 Å². The second kappa shape index (κ2) is 3.79. The first-order valence-corrected chi connectivity index (χ1v) is 6.34. The fourth-order valence-electron chi connectivity index (χ4n) is 2.41. The van der Waals surface area contributed by atoms with E-state index in [0.717, 1.165) is 0 Å². The molecule has 2 aliphatic rings. The molecule has 0 saturated carbocycles. The predicted octanol–water partition coefficient (Wildman–Crippen LogP) is 1.57. The van der Waals surface area contributed by atoms with Crippen LogP contribution >= 0.6 is 11.8 Å². The molecule has 2 heterocycles. The summed E-state index contributed by atoms with van der Waals surface area (Å²) in [5.41, 5.74) is 0. The van der Waals surface area contributed by atoms with Gasteiger partial charge in [0.2, 0.25) is 0 Å². The van der Waals surface area contributed by atoms with Gasteiger partial charge >= 0.3 is 0 Å². The second-order valence-electron chi connectivity index (χ2n) is 4.44. The summed E-state index contributed by atoms with van der Waals surface area (Å²) in [4.78, 5) is 0.286. The summed E-state index contributed by atoms with van der Waals surface area (Å²) in [5.74, 6) is 1.31. The quantitative estimate of drug-likeness (QED) is 0.672. The van der Waals surface area contributed by atoms with Crippen LogP contribution in [0.4, 0.5) is 0 Å². The zero-order valence-corrected chi connectivity index (χ0v) is 9.41. The lowest BCUT2D eigenvalue weighted by Crippen LogP contribution is -2.58. The van der Waals surface area contributed by atoms with E-state index in [1.54, 1.807) is 0 Å². The predicted molar refractivity (Wildman–Crippen MR) is 59.1 cm³/mol. The van der Waals surface area contributed by atoms with Crippen LogP contribution in [0.25, 0.3) is 0 Å². The Bertz CT molecular complexity index is 180. The van der Waals surface area contributed by atoms with Crippen LogP contribution < -0.4 is 10.6 Å². The van der Waals surface area contributed by atoms with E-state index >= 15 is 0 Å². The van der Waals surface area contributed by atoms with Gasteiger partial charge in [0.05, 0.1) is 4.87 Å². The molecule has 0 bridgehead atoms. The standard InChI is InChI=1S/C10H20N2S/c1-8-5-7-13-10(2,12-8)9-4-3-6-11-9/h8-9,11-12H,3-7H2,1-2H3. The summed E-state index contributed by atoms with van der Waals surface area (Å²) in [6.45, 7) is 5.86. The summed E-state index contributed by atoms with van der Waals surface area (Å²) < 4.78 is 0. The van der Waals surface area contributed by atoms with Gasteiger partial charge in [0.25, 0.3) is 0 Å². The molecular weight excluding hydrogens is 180 g/mol. The SMILES string of the molecule is CC1CCSC(C)(C2CCCN2)N1. The number of nitrogens with one attached hydrogen (secondary N) is 2. The number of rotatable bonds is 1. The first-order chi connectivity index (χ1) is 6.21. The molecule has 13 heavy (non-hydrogen) atoms. The number of hydrogen-bond acceptors (Lipinski definition) is 3. The molecule has 0 aliphatic carbocycles. The van der Waals surface area contributed by atoms with Crippen molar-refractivity contribution < 1.29 is 0 Å². The monoisotopic (exact) mass is 200 g/mol. The van der Waals surface area contributed by atoms with E-state index in [1.165, 1.54) is 31.6 Å². The van der Waals surface area contributed by atoms with E-state index in [4.69, 9.17) is 0 Å². The molecule has 76 valence electrons. The van der Waals surface area contributed by atoms with E-state index in [2.05, 4.69) is 36.2 Å². The van der Waals surface area contributed by atoms with Crippen LogP contribution in [0.15, 0.2) is 0 Å². The summed E-state index contributed by atoms with van der Waals surface area (Å²) >= 11 is 2.09. The molecule has 3 heteroatoms. The molecule has 2 aliphatic heterocycles. The van der Waals surface area contributed by atoms with Crippen LogP contribution in [0.5, 0.6) is 0 Å². The third-order valence-electron chi connectivity index (χ3n) is 3.21. The highest BCUT2D eigenvalue weighted by Crippen LogP contribution is 2.34. The van der Waals surface area contributed by atoms with Crippen LogP contribution in [0.1, 0.15) is 33.1 Å². The average Bonchev–Trinajstić information content (AvgIpc) is 2.55. The van der Waals surface area contributed by atoms with Gasteiger partial charge in [0.1, 0.15) is 0 Å². The Morgan fingerprint density at radius 2 is 2.23 bits per heavy atom. The maximum absolute atomic E-state index is 3.74. The Morgan fingerprint density at radius 1 is 1.38 bits per heavy atom. The average molecular weight is 200 g/mol. The van der Waals surface area contributed by atoms with Gasteiger partial charge < -0.3 is 5.32 Å². The van der Waals surface area contributed by atoms with Crippen LogP contribution in [-0.2, 0) is 0 Å². The molecule has 0 radical (unpaired) electrons. The lowest BCUT2D eigenvalue weighted by Gasteiger charge is -2.42. The van der Waals surface area contributed by atoms with Crippen molar-refractivity contribution in [1.29, 1.82) is 0 Å². The lowest BCUT2D eigenvalue weighted by molar-refractivity contribution is 0.337. The van der Waals surface area contributed by atoms with Crippen molar-refractivity contribution in [3.8, 4) is 0 Å². The Kier molecular flexibility index (Phi) is 2.86. The van der Waals surface area contributed by atoms with Crippen molar-refractivity contribution in [2.75, 3.05) is 12.3 Å². The molecular formula is C10H20N2S. The van der Waals surface area contributed by atoms with Crippen molar-refractivity contribution in [2.45, 2.75) is 50.1 Å². The van der Waals surface area contributed by atoms with Crippen LogP contribution in [0.3, 0.4) is 0 Å². The molecule has 0 aromatic rings. The summed E-state index contributed by atoms with van der Waals surface area (Å²) in [5, 5.41) is 7.34. The molecule has 2 fully saturated rings. The molecule has 0 aromatic carbocycles. The van der Waals surface area contributed by atoms with Gasteiger partial charge in [0.15, 0.2) is 0 Å². The summed E-state index contributed by atoms with van der Waals surface area (Å²) in [6, 6.07) is 1.37. The van der Waals surface area contributed by atoms with Crippen molar-refractivity contribution in [3.05, 3.63) is 0 Å². The third kappa shape index (κ3) is 2.03. The largest absolute Gasteiger partial charge is 0.311 e. The normalized spacial score (nSPS) is 46.6. The molecule has 0 amide bonds. The van der Waals surface area contributed by atoms with E-state index in [-0.39, 0.29) is 4.87 Å². The van der Waals surface area contributed by atoms with Crippen molar-refractivity contribution in [2.24, 2.45) is 0 Å². The van der Waals surface area contributed by atoms with Gasteiger partial charge in [-0.1, -0.05) is 0 Å². The van der Waals surface area contributed by atoms with E-state index in [0.29, 0.717) is 12.1 Å². The zero-order chi connectivity index (χ0) is 9.31. The smallest absolute Gasteiger partial charge is 0.0773 e. The van der Waals surface area contributed by atoms with E-state index < -0.39 is 0 Å². The number of thioether (sulfide) groups is 1. The highest BCUT2D eigenvalue weighted by atomic mass is 32.2. The highest BCUT2D eigenvalue weighted by Gasteiger charge is 2.39. The van der Waals surface area contributed by atoms with Crippen molar-refractivity contribution in [3.63, 3.8) is 0 Å². The fraction of sp³-hybridized carbons (Fsp3) is 1.00. The molecule has 0 spiro atoms. The Morgan fingerprint density at radius 3 is 2.85 bits per heavy atom. The lowest BCUT2D eigenvalue weighted by atomic mass is 10.1. The van der Waals surface area contributed by atoms with Gasteiger partial charge in [-0.25, -0.2) is 0 Å². The molecule has 3 unspecified atom stereocenters. The highest BCUT2D eigenvalue weighted by molar-refractivity contribution is 8.00. The zero-order valence-electron chi connectivity index (χ0n) is 8.60. The minimum absolute atomic E-state index is 0.286. The van der Waals surface area contributed by atoms with Gasteiger partial charge in [-0.15, -0.1) is 11.8 Å². The van der Waals surface area contributed by atoms with Crippen molar-refractivity contribution >= 4 is 11.8 Å². The first kappa shape index (κ1) is 9.81. The minimum atomic E-state index is 0.286. The van der Waals surface area contributed by atoms with Crippen LogP contribution in [0, 0.1) is 0 Å². The third-order valence-corrected chi connectivity index (χ3v) is 4.65. The van der Waals surface area contributed by atoms with Crippen LogP contribution in [-0.4, -0.2) is 29.3 Å².